The van der Waals surface area contributed by atoms with Crippen LogP contribution in [0.4, 0.5) is 5.95 Å². The first-order valence-corrected chi connectivity index (χ1v) is 7.72. The predicted molar refractivity (Wildman–Crippen MR) is 64.2 cm³/mol. The number of quaternary nitrogens is 1. The van der Waals surface area contributed by atoms with Crippen LogP contribution < -0.4 is 32.6 Å². The van der Waals surface area contributed by atoms with Gasteiger partial charge in [-0.05, 0) is 19.3 Å². The maximum absolute atomic E-state index is 8.49. The van der Waals surface area contributed by atoms with E-state index < -0.39 is 10.2 Å². The van der Waals surface area contributed by atoms with Crippen LogP contribution in [0.1, 0.15) is 19.3 Å². The fourth-order valence-electron chi connectivity index (χ4n) is 2.16. The average molecular weight is 339 g/mol. The fourth-order valence-corrected chi connectivity index (χ4v) is 2.16. The Morgan fingerprint density at radius 2 is 1.27 bits per heavy atom. The molecule has 0 unspecified atom stereocenters. The van der Waals surface area contributed by atoms with Gasteiger partial charge in [-0.25, -0.2) is 18.6 Å². The Bertz CT molecular complexity index is 450. The predicted octanol–water partition coefficient (Wildman–Crippen LogP) is -3.75. The van der Waals surface area contributed by atoms with Crippen LogP contribution in [0, 0.1) is 10.2 Å². The van der Waals surface area contributed by atoms with Crippen LogP contribution in [0.15, 0.2) is 0 Å². The number of piperidine rings is 1. The van der Waals surface area contributed by atoms with Crippen molar-refractivity contribution in [2.75, 3.05) is 34.4 Å². The van der Waals surface area contributed by atoms with Crippen molar-refractivity contribution in [3.63, 3.8) is 0 Å². The summed E-state index contributed by atoms with van der Waals surface area (Å²) in [4.78, 5) is 12.7. The first-order chi connectivity index (χ1) is 10.2. The zero-order valence-electron chi connectivity index (χ0n) is 12.7. The van der Waals surface area contributed by atoms with Gasteiger partial charge in [0.05, 0.1) is 34.4 Å². The van der Waals surface area contributed by atoms with Crippen molar-refractivity contribution in [1.82, 2.24) is 19.4 Å². The van der Waals surface area contributed by atoms with E-state index in [9.17, 15) is 0 Å². The minimum atomic E-state index is -4.94. The summed E-state index contributed by atoms with van der Waals surface area (Å²) in [7, 11) is 0.302. The van der Waals surface area contributed by atoms with Gasteiger partial charge in [-0.15, -0.1) is 25.2 Å². The summed E-state index contributed by atoms with van der Waals surface area (Å²) in [5, 5.41) is 0. The molecule has 1 saturated heterocycles. The molecule has 0 radical (unpaired) electrons. The molecule has 0 amide bonds. The number of nitrogens with zero attached hydrogens (tertiary/aromatic N) is 4. The molecule has 0 atom stereocenters. The van der Waals surface area contributed by atoms with E-state index in [0.29, 0.717) is 12.0 Å². The number of hydrogen-bond acceptors (Lipinski definition) is 9. The summed E-state index contributed by atoms with van der Waals surface area (Å²) < 4.78 is 44.9. The molecular weight excluding hydrogens is 320 g/mol. The molecule has 0 aliphatic carbocycles. The molecule has 1 aromatic rings. The van der Waals surface area contributed by atoms with Crippen LogP contribution in [0.5, 0.6) is 12.0 Å². The highest BCUT2D eigenvalue weighted by molar-refractivity contribution is 5.27. The number of ether oxygens (including phenoxy) is 2. The van der Waals surface area contributed by atoms with Gasteiger partial charge in [0.15, 0.2) is 0 Å². The lowest BCUT2D eigenvalue weighted by Gasteiger charge is -2.34. The zero-order chi connectivity index (χ0) is 16.8. The third-order valence-electron chi connectivity index (χ3n) is 3.23. The third kappa shape index (κ3) is 6.22. The van der Waals surface area contributed by atoms with Gasteiger partial charge in [0, 0.05) is 0 Å². The average Bonchev–Trinajstić information content (AvgIpc) is 2.45. The van der Waals surface area contributed by atoms with Gasteiger partial charge in [-0.2, -0.15) is 0 Å². The standard InChI is InChI=1S/C11H19N4O2.ClHO4/c1-15(7-5-4-6-8-15)9-12-10(16-2)14-11(13-9)17-3;2-1(3,4)5/h4-8H2,1-3H3;(H,2,3,4,5)/q+1;/p-1. The van der Waals surface area contributed by atoms with Gasteiger partial charge in [-0.1, -0.05) is 0 Å². The second-order valence-corrected chi connectivity index (χ2v) is 5.65. The van der Waals surface area contributed by atoms with Gasteiger partial charge in [-0.3, -0.25) is 4.48 Å². The third-order valence-corrected chi connectivity index (χ3v) is 3.23. The first-order valence-electron chi connectivity index (χ1n) is 6.49. The highest BCUT2D eigenvalue weighted by Gasteiger charge is 2.32. The molecule has 1 fully saturated rings. The largest absolute Gasteiger partial charge is 0.466 e. The molecule has 2 rings (SSSR count). The molecule has 2 heterocycles. The number of methoxy groups -OCH3 is 2. The Morgan fingerprint density at radius 3 is 1.64 bits per heavy atom. The smallest absolute Gasteiger partial charge is 0.338 e. The Labute approximate surface area is 130 Å². The first kappa shape index (κ1) is 18.7. The van der Waals surface area contributed by atoms with E-state index >= 15 is 0 Å². The number of rotatable bonds is 3. The molecule has 1 aliphatic rings. The van der Waals surface area contributed by atoms with E-state index in [1.807, 2.05) is 0 Å². The van der Waals surface area contributed by atoms with E-state index in [4.69, 9.17) is 28.1 Å². The molecule has 0 aromatic carbocycles. The Balaban J connectivity index is 0.000000422. The zero-order valence-corrected chi connectivity index (χ0v) is 13.4. The van der Waals surface area contributed by atoms with Crippen molar-refractivity contribution < 1.29 is 38.4 Å². The van der Waals surface area contributed by atoms with Crippen LogP contribution >= 0.6 is 0 Å². The normalized spacial score (nSPS) is 17.2. The molecule has 0 N–H and O–H groups in total. The summed E-state index contributed by atoms with van der Waals surface area (Å²) in [6.45, 7) is 2.10. The molecule has 0 saturated carbocycles. The lowest BCUT2D eigenvalue weighted by atomic mass is 10.1. The second-order valence-electron chi connectivity index (χ2n) is 4.89. The van der Waals surface area contributed by atoms with E-state index in [1.54, 1.807) is 14.2 Å². The van der Waals surface area contributed by atoms with Crippen LogP contribution in [0.25, 0.3) is 0 Å². The van der Waals surface area contributed by atoms with E-state index in [2.05, 4.69) is 22.0 Å². The molecule has 1 aliphatic heterocycles. The van der Waals surface area contributed by atoms with E-state index in [0.717, 1.165) is 23.5 Å². The molecule has 22 heavy (non-hydrogen) atoms. The minimum Gasteiger partial charge on any atom is -0.466 e. The number of likely N-dealkylation sites (tertiary alicyclic amines) is 1. The summed E-state index contributed by atoms with van der Waals surface area (Å²) >= 11 is 0. The quantitative estimate of drug-likeness (QED) is 0.506. The maximum Gasteiger partial charge on any atom is 0.338 e. The lowest BCUT2D eigenvalue weighted by molar-refractivity contribution is -2.00. The highest BCUT2D eigenvalue weighted by Crippen LogP contribution is 2.25. The summed E-state index contributed by atoms with van der Waals surface area (Å²) in [6, 6.07) is 0.633. The topological polar surface area (TPSA) is 149 Å². The minimum absolute atomic E-state index is 0.316. The maximum atomic E-state index is 8.49. The van der Waals surface area contributed by atoms with E-state index in [1.165, 1.54) is 19.3 Å². The van der Waals surface area contributed by atoms with Gasteiger partial charge in [0.2, 0.25) is 0 Å². The summed E-state index contributed by atoms with van der Waals surface area (Å²) in [6.07, 6.45) is 3.69. The van der Waals surface area contributed by atoms with Crippen molar-refractivity contribution in [2.45, 2.75) is 19.3 Å². The van der Waals surface area contributed by atoms with E-state index in [-0.39, 0.29) is 0 Å². The molecule has 0 spiro atoms. The SMILES string of the molecule is COc1nc(OC)nc([N+]2(C)CCCCC2)n1.[O-][Cl+3]([O-])([O-])[O-]. The van der Waals surface area contributed by atoms with Crippen molar-refractivity contribution in [3.8, 4) is 12.0 Å². The van der Waals surface area contributed by atoms with Gasteiger partial charge in [0.25, 0.3) is 0 Å². The van der Waals surface area contributed by atoms with Crippen LogP contribution in [-0.4, -0.2) is 49.3 Å². The molecule has 0 bridgehead atoms. The number of halogens is 1. The number of aromatic nitrogens is 3. The van der Waals surface area contributed by atoms with Crippen LogP contribution in [0.3, 0.4) is 0 Å². The monoisotopic (exact) mass is 338 g/mol. The van der Waals surface area contributed by atoms with Crippen molar-refractivity contribution in [3.05, 3.63) is 0 Å². The van der Waals surface area contributed by atoms with Crippen molar-refractivity contribution in [2.24, 2.45) is 0 Å². The Hall–Kier alpha value is -1.30. The van der Waals surface area contributed by atoms with Crippen molar-refractivity contribution in [1.29, 1.82) is 0 Å². The number of hydrogen-bond donors (Lipinski definition) is 0. The molecule has 10 nitrogen and oxygen atoms in total. The van der Waals surface area contributed by atoms with Crippen molar-refractivity contribution >= 4 is 5.95 Å². The van der Waals surface area contributed by atoms with Gasteiger partial charge in [0.1, 0.15) is 0 Å². The van der Waals surface area contributed by atoms with Gasteiger partial charge < -0.3 is 9.47 Å². The second kappa shape index (κ2) is 7.81. The summed E-state index contributed by atoms with van der Waals surface area (Å²) in [5.74, 6) is 0.730. The Kier molecular flexibility index (Phi) is 6.66. The fraction of sp³-hybridized carbons (Fsp3) is 0.727. The van der Waals surface area contributed by atoms with Crippen LogP contribution in [0.2, 0.25) is 0 Å². The summed E-state index contributed by atoms with van der Waals surface area (Å²) in [5.41, 5.74) is 0. The highest BCUT2D eigenvalue weighted by atomic mass is 35.7. The van der Waals surface area contributed by atoms with Crippen LogP contribution in [-0.2, 0) is 0 Å². The Morgan fingerprint density at radius 1 is 0.864 bits per heavy atom. The molecule has 11 heteroatoms. The molecule has 126 valence electrons. The molecule has 1 aromatic heterocycles. The van der Waals surface area contributed by atoms with Gasteiger partial charge >= 0.3 is 18.0 Å². The lowest BCUT2D eigenvalue weighted by Crippen LogP contribution is -2.68. The molecular formula is C11H19ClN4O6.